The number of methoxy groups -OCH3 is 1. The number of thioether (sulfide) groups is 1. The van der Waals surface area contributed by atoms with E-state index in [9.17, 15) is 0 Å². The number of furan rings is 1. The summed E-state index contributed by atoms with van der Waals surface area (Å²) in [4.78, 5) is 0. The van der Waals surface area contributed by atoms with Gasteiger partial charge in [-0.1, -0.05) is 11.8 Å². The fraction of sp³-hybridized carbons (Fsp3) is 0.250. The van der Waals surface area contributed by atoms with Crippen molar-refractivity contribution in [3.8, 4) is 17.6 Å². The lowest BCUT2D eigenvalue weighted by molar-refractivity contribution is 0.414. The van der Waals surface area contributed by atoms with Crippen molar-refractivity contribution < 1.29 is 9.15 Å². The van der Waals surface area contributed by atoms with Gasteiger partial charge in [0.05, 0.1) is 25.7 Å². The molecule has 0 fully saturated rings. The van der Waals surface area contributed by atoms with Crippen molar-refractivity contribution in [2.75, 3.05) is 13.7 Å². The van der Waals surface area contributed by atoms with Gasteiger partial charge in [0, 0.05) is 11.3 Å². The van der Waals surface area contributed by atoms with E-state index in [1.165, 1.54) is 0 Å². The normalized spacial score (nSPS) is 9.90. The Morgan fingerprint density at radius 3 is 2.90 bits per heavy atom. The Morgan fingerprint density at radius 2 is 2.20 bits per heavy atom. The van der Waals surface area contributed by atoms with E-state index in [1.54, 1.807) is 25.1 Å². The number of benzene rings is 1. The van der Waals surface area contributed by atoms with Gasteiger partial charge in [-0.25, -0.2) is 0 Å². The first-order valence-electron chi connectivity index (χ1n) is 6.29. The molecular formula is C16H17NO2S. The van der Waals surface area contributed by atoms with Crippen LogP contribution in [0.4, 0.5) is 0 Å². The smallest absolute Gasteiger partial charge is 0.119 e. The monoisotopic (exact) mass is 287 g/mol. The van der Waals surface area contributed by atoms with Crippen LogP contribution in [0.3, 0.4) is 0 Å². The molecule has 0 aliphatic carbocycles. The highest BCUT2D eigenvalue weighted by Gasteiger charge is 2.04. The first kappa shape index (κ1) is 14.6. The zero-order valence-electron chi connectivity index (χ0n) is 11.4. The van der Waals surface area contributed by atoms with Gasteiger partial charge < -0.3 is 14.9 Å². The van der Waals surface area contributed by atoms with Gasteiger partial charge in [0.1, 0.15) is 11.5 Å². The van der Waals surface area contributed by atoms with Crippen molar-refractivity contribution in [3.05, 3.63) is 53.5 Å². The van der Waals surface area contributed by atoms with E-state index in [1.807, 2.05) is 30.3 Å². The van der Waals surface area contributed by atoms with E-state index >= 15 is 0 Å². The lowest BCUT2D eigenvalue weighted by Crippen LogP contribution is -1.95. The minimum Gasteiger partial charge on any atom is -0.497 e. The summed E-state index contributed by atoms with van der Waals surface area (Å²) in [6.07, 6.45) is 1.69. The lowest BCUT2D eigenvalue weighted by Gasteiger charge is -2.07. The van der Waals surface area contributed by atoms with Crippen LogP contribution in [0.2, 0.25) is 0 Å². The van der Waals surface area contributed by atoms with Crippen LogP contribution in [0.15, 0.2) is 41.0 Å². The van der Waals surface area contributed by atoms with E-state index in [4.69, 9.17) is 14.9 Å². The zero-order valence-corrected chi connectivity index (χ0v) is 12.2. The molecule has 0 radical (unpaired) electrons. The molecule has 0 bridgehead atoms. The van der Waals surface area contributed by atoms with Crippen LogP contribution in [0, 0.1) is 11.8 Å². The molecule has 3 nitrogen and oxygen atoms in total. The molecule has 4 heteroatoms. The predicted octanol–water partition coefficient (Wildman–Crippen LogP) is 3.03. The summed E-state index contributed by atoms with van der Waals surface area (Å²) >= 11 is 1.78. The minimum atomic E-state index is 0.366. The highest BCUT2D eigenvalue weighted by atomic mass is 32.2. The van der Waals surface area contributed by atoms with Gasteiger partial charge in [0.15, 0.2) is 0 Å². The second kappa shape index (κ2) is 7.68. The maximum absolute atomic E-state index is 5.43. The Morgan fingerprint density at radius 1 is 1.30 bits per heavy atom. The Kier molecular flexibility index (Phi) is 5.60. The fourth-order valence-corrected chi connectivity index (χ4v) is 2.67. The molecule has 0 atom stereocenters. The molecule has 1 aromatic carbocycles. The molecule has 1 aromatic heterocycles. The molecule has 1 heterocycles. The van der Waals surface area contributed by atoms with E-state index in [-0.39, 0.29) is 0 Å². The molecule has 0 aliphatic rings. The first-order chi connectivity index (χ1) is 9.83. The number of hydrogen-bond donors (Lipinski definition) is 1. The summed E-state index contributed by atoms with van der Waals surface area (Å²) in [5.74, 6) is 9.51. The molecule has 0 spiro atoms. The summed E-state index contributed by atoms with van der Waals surface area (Å²) in [5.41, 5.74) is 7.59. The molecule has 0 saturated carbocycles. The average Bonchev–Trinajstić information content (AvgIpc) is 2.99. The fourth-order valence-electron chi connectivity index (χ4n) is 1.74. The first-order valence-corrected chi connectivity index (χ1v) is 7.45. The van der Waals surface area contributed by atoms with Crippen molar-refractivity contribution in [2.45, 2.75) is 11.5 Å². The Hall–Kier alpha value is -1.83. The van der Waals surface area contributed by atoms with Crippen molar-refractivity contribution in [3.63, 3.8) is 0 Å². The number of hydrogen-bond acceptors (Lipinski definition) is 4. The average molecular weight is 287 g/mol. The van der Waals surface area contributed by atoms with Crippen LogP contribution in [0.5, 0.6) is 5.75 Å². The molecule has 0 unspecified atom stereocenters. The van der Waals surface area contributed by atoms with Crippen LogP contribution in [0.25, 0.3) is 0 Å². The third kappa shape index (κ3) is 4.09. The van der Waals surface area contributed by atoms with E-state index < -0.39 is 0 Å². The highest BCUT2D eigenvalue weighted by molar-refractivity contribution is 7.97. The second-order valence-corrected chi connectivity index (χ2v) is 5.09. The van der Waals surface area contributed by atoms with E-state index in [0.29, 0.717) is 6.54 Å². The quantitative estimate of drug-likeness (QED) is 0.859. The van der Waals surface area contributed by atoms with Crippen molar-refractivity contribution in [1.29, 1.82) is 0 Å². The van der Waals surface area contributed by atoms with Crippen molar-refractivity contribution >= 4 is 11.8 Å². The standard InChI is InChI=1S/C16H17NO2S/c1-18-15-7-6-13(4-2-8-17)14(10-15)11-20-12-16-5-3-9-19-16/h3,5-7,9-10H,8,11-12,17H2,1H3. The van der Waals surface area contributed by atoms with Crippen molar-refractivity contribution in [1.82, 2.24) is 0 Å². The molecule has 104 valence electrons. The van der Waals surface area contributed by atoms with Crippen LogP contribution in [-0.2, 0) is 11.5 Å². The predicted molar refractivity (Wildman–Crippen MR) is 82.6 cm³/mol. The Bertz CT molecular complexity index is 597. The molecule has 2 rings (SSSR count). The molecule has 2 aromatic rings. The van der Waals surface area contributed by atoms with E-state index in [2.05, 4.69) is 11.8 Å². The van der Waals surface area contributed by atoms with Gasteiger partial charge in [0.25, 0.3) is 0 Å². The van der Waals surface area contributed by atoms with Crippen molar-refractivity contribution in [2.24, 2.45) is 5.73 Å². The third-order valence-corrected chi connectivity index (χ3v) is 3.72. The summed E-state index contributed by atoms with van der Waals surface area (Å²) in [6, 6.07) is 9.80. The maximum atomic E-state index is 5.43. The van der Waals surface area contributed by atoms with Crippen LogP contribution < -0.4 is 10.5 Å². The van der Waals surface area contributed by atoms with Crippen LogP contribution in [0.1, 0.15) is 16.9 Å². The molecule has 20 heavy (non-hydrogen) atoms. The molecular weight excluding hydrogens is 270 g/mol. The molecule has 0 saturated heterocycles. The number of rotatable bonds is 5. The van der Waals surface area contributed by atoms with Gasteiger partial charge in [-0.2, -0.15) is 0 Å². The second-order valence-electron chi connectivity index (χ2n) is 4.10. The summed E-state index contributed by atoms with van der Waals surface area (Å²) in [7, 11) is 1.67. The summed E-state index contributed by atoms with van der Waals surface area (Å²) < 4.78 is 10.6. The van der Waals surface area contributed by atoms with Gasteiger partial charge in [-0.05, 0) is 35.9 Å². The Labute approximate surface area is 123 Å². The summed E-state index contributed by atoms with van der Waals surface area (Å²) in [6.45, 7) is 0.366. The highest BCUT2D eigenvalue weighted by Crippen LogP contribution is 2.24. The summed E-state index contributed by atoms with van der Waals surface area (Å²) in [5, 5.41) is 0. The van der Waals surface area contributed by atoms with Crippen LogP contribution >= 0.6 is 11.8 Å². The molecule has 0 aliphatic heterocycles. The zero-order chi connectivity index (χ0) is 14.2. The van der Waals surface area contributed by atoms with Gasteiger partial charge in [-0.15, -0.1) is 11.8 Å². The minimum absolute atomic E-state index is 0.366. The van der Waals surface area contributed by atoms with Gasteiger partial charge in [0.2, 0.25) is 0 Å². The maximum Gasteiger partial charge on any atom is 0.119 e. The van der Waals surface area contributed by atoms with Gasteiger partial charge in [-0.3, -0.25) is 0 Å². The number of nitrogens with two attached hydrogens (primary N) is 1. The van der Waals surface area contributed by atoms with Crippen LogP contribution in [-0.4, -0.2) is 13.7 Å². The SMILES string of the molecule is COc1ccc(C#CCN)c(CSCc2ccco2)c1. The largest absolute Gasteiger partial charge is 0.497 e. The third-order valence-electron chi connectivity index (χ3n) is 2.72. The molecule has 2 N–H and O–H groups in total. The topological polar surface area (TPSA) is 48.4 Å². The molecule has 0 amide bonds. The Balaban J connectivity index is 2.06. The lowest BCUT2D eigenvalue weighted by atomic mass is 10.1. The van der Waals surface area contributed by atoms with Gasteiger partial charge >= 0.3 is 0 Å². The number of ether oxygens (including phenoxy) is 1. The van der Waals surface area contributed by atoms with E-state index in [0.717, 1.165) is 34.1 Å².